The molecule has 2 nitrogen and oxygen atoms in total. The lowest BCUT2D eigenvalue weighted by atomic mass is 9.92. The normalized spacial score (nSPS) is 12.2. The van der Waals surface area contributed by atoms with Gasteiger partial charge in [-0.25, -0.2) is 0 Å². The summed E-state index contributed by atoms with van der Waals surface area (Å²) in [6.07, 6.45) is 1.95. The van der Waals surface area contributed by atoms with Crippen LogP contribution in [0.4, 0.5) is 0 Å². The van der Waals surface area contributed by atoms with Gasteiger partial charge in [0.05, 0.1) is 7.11 Å². The molecule has 0 saturated carbocycles. The van der Waals surface area contributed by atoms with Crippen molar-refractivity contribution in [3.05, 3.63) is 63.6 Å². The molecule has 0 fully saturated rings. The van der Waals surface area contributed by atoms with Crippen LogP contribution in [0.3, 0.4) is 0 Å². The molecule has 0 aromatic heterocycles. The molecule has 21 heavy (non-hydrogen) atoms. The first-order chi connectivity index (χ1) is 10.1. The second-order valence-electron chi connectivity index (χ2n) is 5.46. The highest BCUT2D eigenvalue weighted by atomic mass is 79.9. The van der Waals surface area contributed by atoms with Gasteiger partial charge >= 0.3 is 0 Å². The second-order valence-corrected chi connectivity index (χ2v) is 6.31. The van der Waals surface area contributed by atoms with Crippen LogP contribution in [0.5, 0.6) is 5.75 Å². The van der Waals surface area contributed by atoms with Crippen molar-refractivity contribution in [2.24, 2.45) is 11.7 Å². The zero-order chi connectivity index (χ0) is 15.2. The number of hydrogen-bond acceptors (Lipinski definition) is 2. The molecule has 0 heterocycles. The fourth-order valence-electron chi connectivity index (χ4n) is 2.56. The molecule has 0 amide bonds. The van der Waals surface area contributed by atoms with Crippen LogP contribution in [0.2, 0.25) is 0 Å². The molecule has 2 N–H and O–H groups in total. The van der Waals surface area contributed by atoms with Gasteiger partial charge in [-0.3, -0.25) is 0 Å². The number of methoxy groups -OCH3 is 1. The van der Waals surface area contributed by atoms with Crippen molar-refractivity contribution in [1.82, 2.24) is 0 Å². The van der Waals surface area contributed by atoms with E-state index in [4.69, 9.17) is 10.5 Å². The summed E-state index contributed by atoms with van der Waals surface area (Å²) in [5, 5.41) is 0. The summed E-state index contributed by atoms with van der Waals surface area (Å²) in [6, 6.07) is 14.7. The number of nitrogens with two attached hydrogens (primary N) is 1. The summed E-state index contributed by atoms with van der Waals surface area (Å²) in [6.45, 7) is 2.80. The van der Waals surface area contributed by atoms with E-state index in [1.807, 2.05) is 12.1 Å². The van der Waals surface area contributed by atoms with E-state index in [0.29, 0.717) is 12.5 Å². The first-order valence-corrected chi connectivity index (χ1v) is 7.99. The van der Waals surface area contributed by atoms with Crippen LogP contribution >= 0.6 is 15.9 Å². The van der Waals surface area contributed by atoms with E-state index in [0.717, 1.165) is 23.1 Å². The highest BCUT2D eigenvalue weighted by Crippen LogP contribution is 2.26. The SMILES string of the molecule is COc1ccc(Br)c(CC(CN)Cc2cccc(C)c2)c1. The van der Waals surface area contributed by atoms with Crippen LogP contribution in [0.15, 0.2) is 46.9 Å². The van der Waals surface area contributed by atoms with Gasteiger partial charge < -0.3 is 10.5 Å². The first kappa shape index (κ1) is 16.1. The van der Waals surface area contributed by atoms with Crippen LogP contribution in [0.25, 0.3) is 0 Å². The zero-order valence-electron chi connectivity index (χ0n) is 12.6. The number of rotatable bonds is 6. The van der Waals surface area contributed by atoms with Crippen LogP contribution in [-0.4, -0.2) is 13.7 Å². The van der Waals surface area contributed by atoms with E-state index < -0.39 is 0 Å². The number of hydrogen-bond donors (Lipinski definition) is 1. The molecular formula is C18H22BrNO. The molecule has 0 radical (unpaired) electrons. The third-order valence-corrected chi connectivity index (χ3v) is 4.48. The van der Waals surface area contributed by atoms with Gasteiger partial charge in [0, 0.05) is 4.47 Å². The quantitative estimate of drug-likeness (QED) is 0.852. The van der Waals surface area contributed by atoms with Crippen LogP contribution in [0.1, 0.15) is 16.7 Å². The Morgan fingerprint density at radius 3 is 2.62 bits per heavy atom. The lowest BCUT2D eigenvalue weighted by Crippen LogP contribution is -2.19. The van der Waals surface area contributed by atoms with Gasteiger partial charge in [-0.15, -0.1) is 0 Å². The summed E-state index contributed by atoms with van der Waals surface area (Å²) >= 11 is 3.62. The fourth-order valence-corrected chi connectivity index (χ4v) is 2.97. The molecule has 3 heteroatoms. The van der Waals surface area contributed by atoms with Gasteiger partial charge in [-0.1, -0.05) is 45.8 Å². The molecule has 0 saturated heterocycles. The minimum atomic E-state index is 0.426. The van der Waals surface area contributed by atoms with Gasteiger partial charge in [-0.05, 0) is 61.6 Å². The van der Waals surface area contributed by atoms with E-state index >= 15 is 0 Å². The van der Waals surface area contributed by atoms with Gasteiger partial charge in [0.2, 0.25) is 0 Å². The molecule has 1 unspecified atom stereocenters. The largest absolute Gasteiger partial charge is 0.497 e. The zero-order valence-corrected chi connectivity index (χ0v) is 14.2. The van der Waals surface area contributed by atoms with Crippen molar-refractivity contribution in [3.8, 4) is 5.75 Å². The number of halogens is 1. The number of benzene rings is 2. The molecule has 0 aliphatic heterocycles. The smallest absolute Gasteiger partial charge is 0.119 e. The van der Waals surface area contributed by atoms with E-state index in [1.165, 1.54) is 16.7 Å². The van der Waals surface area contributed by atoms with Gasteiger partial charge in [0.15, 0.2) is 0 Å². The Morgan fingerprint density at radius 1 is 1.14 bits per heavy atom. The van der Waals surface area contributed by atoms with E-state index in [9.17, 15) is 0 Å². The molecule has 0 aliphatic rings. The van der Waals surface area contributed by atoms with Crippen LogP contribution < -0.4 is 10.5 Å². The average Bonchev–Trinajstić information content (AvgIpc) is 2.48. The summed E-state index contributed by atoms with van der Waals surface area (Å²) in [7, 11) is 1.69. The van der Waals surface area contributed by atoms with Crippen LogP contribution in [0, 0.1) is 12.8 Å². The maximum atomic E-state index is 5.98. The summed E-state index contributed by atoms with van der Waals surface area (Å²) in [5.41, 5.74) is 9.88. The van der Waals surface area contributed by atoms with Gasteiger partial charge in [-0.2, -0.15) is 0 Å². The lowest BCUT2D eigenvalue weighted by molar-refractivity contribution is 0.413. The minimum Gasteiger partial charge on any atom is -0.497 e. The minimum absolute atomic E-state index is 0.426. The molecule has 112 valence electrons. The third kappa shape index (κ3) is 4.58. The Labute approximate surface area is 135 Å². The standard InChI is InChI=1S/C18H22BrNO/c1-13-4-3-5-14(8-13)9-15(12-20)10-16-11-17(21-2)6-7-18(16)19/h3-8,11,15H,9-10,12,20H2,1-2H3. The first-order valence-electron chi connectivity index (χ1n) is 7.20. The van der Waals surface area contributed by atoms with E-state index in [-0.39, 0.29) is 0 Å². The maximum absolute atomic E-state index is 5.98. The predicted molar refractivity (Wildman–Crippen MR) is 91.8 cm³/mol. The number of ether oxygens (including phenoxy) is 1. The summed E-state index contributed by atoms with van der Waals surface area (Å²) < 4.78 is 6.42. The maximum Gasteiger partial charge on any atom is 0.119 e. The van der Waals surface area contributed by atoms with Gasteiger partial charge in [0.25, 0.3) is 0 Å². The highest BCUT2D eigenvalue weighted by Gasteiger charge is 2.12. The molecular weight excluding hydrogens is 326 g/mol. The Bertz CT molecular complexity index is 598. The fraction of sp³-hybridized carbons (Fsp3) is 0.333. The van der Waals surface area contributed by atoms with Crippen molar-refractivity contribution in [2.75, 3.05) is 13.7 Å². The van der Waals surface area contributed by atoms with Crippen molar-refractivity contribution < 1.29 is 4.74 Å². The highest BCUT2D eigenvalue weighted by molar-refractivity contribution is 9.10. The monoisotopic (exact) mass is 347 g/mol. The van der Waals surface area contributed by atoms with Crippen LogP contribution in [-0.2, 0) is 12.8 Å². The second kappa shape index (κ2) is 7.62. The van der Waals surface area contributed by atoms with Gasteiger partial charge in [0.1, 0.15) is 5.75 Å². The summed E-state index contributed by atoms with van der Waals surface area (Å²) in [4.78, 5) is 0. The number of aryl methyl sites for hydroxylation is 1. The third-order valence-electron chi connectivity index (χ3n) is 3.70. The Hall–Kier alpha value is -1.32. The Balaban J connectivity index is 2.12. The van der Waals surface area contributed by atoms with E-state index in [2.05, 4.69) is 53.2 Å². The van der Waals surface area contributed by atoms with Crippen molar-refractivity contribution in [3.63, 3.8) is 0 Å². The molecule has 0 aliphatic carbocycles. The molecule has 0 spiro atoms. The Kier molecular flexibility index (Phi) is 5.83. The molecule has 2 aromatic carbocycles. The Morgan fingerprint density at radius 2 is 1.95 bits per heavy atom. The van der Waals surface area contributed by atoms with E-state index in [1.54, 1.807) is 7.11 Å². The molecule has 1 atom stereocenters. The topological polar surface area (TPSA) is 35.2 Å². The predicted octanol–water partition coefficient (Wildman–Crippen LogP) is 4.13. The van der Waals surface area contributed by atoms with Crippen molar-refractivity contribution >= 4 is 15.9 Å². The lowest BCUT2D eigenvalue weighted by Gasteiger charge is -2.17. The summed E-state index contributed by atoms with van der Waals surface area (Å²) in [5.74, 6) is 1.31. The average molecular weight is 348 g/mol. The molecule has 2 aromatic rings. The van der Waals surface area contributed by atoms with Crippen molar-refractivity contribution in [2.45, 2.75) is 19.8 Å². The molecule has 0 bridgehead atoms. The molecule has 2 rings (SSSR count). The van der Waals surface area contributed by atoms with Crippen molar-refractivity contribution in [1.29, 1.82) is 0 Å².